The number of hydrogen-bond donors (Lipinski definition) is 3. The van der Waals surface area contributed by atoms with Gasteiger partial charge in [0, 0.05) is 30.2 Å². The van der Waals surface area contributed by atoms with E-state index in [2.05, 4.69) is 30.3 Å². The fourth-order valence-electron chi connectivity index (χ4n) is 4.38. The highest BCUT2D eigenvalue weighted by Gasteiger charge is 2.45. The van der Waals surface area contributed by atoms with Gasteiger partial charge in [0.05, 0.1) is 11.1 Å². The van der Waals surface area contributed by atoms with Crippen LogP contribution in [0.2, 0.25) is 10.0 Å². The molecule has 1 unspecified atom stereocenters. The second kappa shape index (κ2) is 6.35. The lowest BCUT2D eigenvalue weighted by atomic mass is 10.1. The van der Waals surface area contributed by atoms with E-state index in [0.29, 0.717) is 23.0 Å². The van der Waals surface area contributed by atoms with Crippen molar-refractivity contribution in [1.29, 1.82) is 0 Å². The maximum Gasteiger partial charge on any atom is 0.200 e. The molecule has 7 nitrogen and oxygen atoms in total. The molecule has 0 aliphatic carbocycles. The van der Waals surface area contributed by atoms with Gasteiger partial charge in [0.15, 0.2) is 0 Å². The summed E-state index contributed by atoms with van der Waals surface area (Å²) in [7, 11) is 0. The zero-order valence-corrected chi connectivity index (χ0v) is 16.9. The Kier molecular flexibility index (Phi) is 3.85. The first kappa shape index (κ1) is 17.6. The summed E-state index contributed by atoms with van der Waals surface area (Å²) >= 11 is 12.5. The average Bonchev–Trinajstić information content (AvgIpc) is 3.12. The molecule has 1 atom stereocenters. The minimum Gasteiger partial charge on any atom is -0.368 e. The lowest BCUT2D eigenvalue weighted by molar-refractivity contribution is 0.608. The molecule has 4 aliphatic rings. The number of nitrogens with one attached hydrogen (secondary N) is 3. The molecule has 0 bridgehead atoms. The molecule has 150 valence electrons. The number of hydrogen-bond acceptors (Lipinski definition) is 5. The zero-order chi connectivity index (χ0) is 19.7. The molecule has 2 aromatic rings. The zero-order valence-electron chi connectivity index (χ0n) is 15.4. The Hall–Kier alpha value is -2.29. The highest BCUT2D eigenvalue weighted by atomic mass is 35.5. The van der Waals surface area contributed by atoms with Gasteiger partial charge in [0.25, 0.3) is 0 Å². The fraction of sp³-hybridized carbons (Fsp3) is 0.368. The van der Waals surface area contributed by atoms with E-state index >= 15 is 0 Å². The summed E-state index contributed by atoms with van der Waals surface area (Å²) < 4.78 is 16.1. The largest absolute Gasteiger partial charge is 0.368 e. The van der Waals surface area contributed by atoms with Crippen molar-refractivity contribution in [3.63, 3.8) is 0 Å². The number of aromatic nitrogens is 4. The third kappa shape index (κ3) is 2.59. The summed E-state index contributed by atoms with van der Waals surface area (Å²) in [5, 5.41) is 14.9. The summed E-state index contributed by atoms with van der Waals surface area (Å²) in [6.07, 6.45) is 2.23. The van der Waals surface area contributed by atoms with Crippen molar-refractivity contribution in [3.8, 4) is 17.2 Å². The highest BCUT2D eigenvalue weighted by molar-refractivity contribution is 6.36. The topological polar surface area (TPSA) is 73.8 Å². The maximum atomic E-state index is 13.9. The van der Waals surface area contributed by atoms with E-state index in [9.17, 15) is 4.39 Å². The van der Waals surface area contributed by atoms with Crippen molar-refractivity contribution >= 4 is 34.7 Å². The molecule has 0 radical (unpaired) electrons. The van der Waals surface area contributed by atoms with Crippen LogP contribution in [0.25, 0.3) is 17.2 Å². The standard InChI is InChI=1S/C19H18Cl2FN7/c20-10-3-4-11(22)13(21)9(10)8-28-7-6-24-19-16(28)14-15(29(14)19)18-25-17(26-27-18)12-2-1-5-23-12/h3-4,12,23-24H,1-2,5-8H2,(H,25,26,27). The number of anilines is 2. The van der Waals surface area contributed by atoms with Gasteiger partial charge < -0.3 is 15.5 Å². The van der Waals surface area contributed by atoms with E-state index in [0.717, 1.165) is 61.2 Å². The van der Waals surface area contributed by atoms with Gasteiger partial charge >= 0.3 is 0 Å². The Labute approximate surface area is 176 Å². The molecular formula is C19H18Cl2FN7. The summed E-state index contributed by atoms with van der Waals surface area (Å²) in [5.74, 6) is 2.18. The normalized spacial score (nSPS) is 19.4. The Bertz CT molecular complexity index is 1130. The molecular weight excluding hydrogens is 416 g/mol. The molecule has 1 aromatic heterocycles. The van der Waals surface area contributed by atoms with Crippen LogP contribution >= 0.6 is 23.2 Å². The summed E-state index contributed by atoms with van der Waals surface area (Å²) in [6, 6.07) is 3.10. The number of fused-ring (bicyclic) bond motifs is 4. The van der Waals surface area contributed by atoms with E-state index < -0.39 is 5.82 Å². The van der Waals surface area contributed by atoms with Crippen molar-refractivity contribution in [3.05, 3.63) is 39.4 Å². The number of nitrogens with zero attached hydrogens (tertiary/aromatic N) is 4. The lowest BCUT2D eigenvalue weighted by Crippen LogP contribution is -2.36. The molecule has 0 spiro atoms. The minimum atomic E-state index is -0.453. The minimum absolute atomic E-state index is 0.0852. The van der Waals surface area contributed by atoms with Crippen LogP contribution in [0.15, 0.2) is 12.1 Å². The van der Waals surface area contributed by atoms with E-state index in [-0.39, 0.29) is 11.1 Å². The van der Waals surface area contributed by atoms with Gasteiger partial charge in [-0.1, -0.05) is 23.2 Å². The van der Waals surface area contributed by atoms with Crippen LogP contribution in [0, 0.1) is 5.82 Å². The van der Waals surface area contributed by atoms with Crippen LogP contribution in [0.4, 0.5) is 15.9 Å². The monoisotopic (exact) mass is 433 g/mol. The Morgan fingerprint density at radius 3 is 2.93 bits per heavy atom. The molecule has 1 saturated heterocycles. The number of aromatic amines is 1. The molecule has 0 saturated carbocycles. The lowest BCUT2D eigenvalue weighted by Gasteiger charge is -2.35. The first-order chi connectivity index (χ1) is 14.1. The van der Waals surface area contributed by atoms with Crippen molar-refractivity contribution in [1.82, 2.24) is 25.1 Å². The Morgan fingerprint density at radius 2 is 2.10 bits per heavy atom. The van der Waals surface area contributed by atoms with Gasteiger partial charge in [-0.05, 0) is 31.5 Å². The molecule has 1 fully saturated rings. The highest BCUT2D eigenvalue weighted by Crippen LogP contribution is 2.58. The Balaban J connectivity index is 1.31. The van der Waals surface area contributed by atoms with E-state index in [1.807, 2.05) is 0 Å². The van der Waals surface area contributed by atoms with Gasteiger partial charge in [-0.3, -0.25) is 9.67 Å². The summed E-state index contributed by atoms with van der Waals surface area (Å²) in [5.41, 5.74) is 3.83. The van der Waals surface area contributed by atoms with Crippen LogP contribution in [0.1, 0.15) is 30.3 Å². The predicted octanol–water partition coefficient (Wildman–Crippen LogP) is 3.88. The van der Waals surface area contributed by atoms with Gasteiger partial charge in [-0.25, -0.2) is 9.37 Å². The number of H-pyrrole nitrogens is 1. The third-order valence-corrected chi connectivity index (χ3v) is 6.64. The molecule has 1 aromatic carbocycles. The van der Waals surface area contributed by atoms with E-state index in [1.165, 1.54) is 6.07 Å². The number of rotatable bonds is 4. The summed E-state index contributed by atoms with van der Waals surface area (Å²) in [4.78, 5) is 6.89. The number of benzene rings is 1. The predicted molar refractivity (Wildman–Crippen MR) is 111 cm³/mol. The smallest absolute Gasteiger partial charge is 0.200 e. The molecule has 4 aliphatic heterocycles. The SMILES string of the molecule is Fc1ccc(Cl)c(CN2CCNc3c2c2c(-c4n[nH]c(C5CCCN5)n4)n3-2)c1Cl. The molecule has 6 rings (SSSR count). The van der Waals surface area contributed by atoms with Crippen LogP contribution in [0.3, 0.4) is 0 Å². The van der Waals surface area contributed by atoms with Crippen LogP contribution in [-0.2, 0) is 6.54 Å². The van der Waals surface area contributed by atoms with Crippen LogP contribution < -0.4 is 15.5 Å². The van der Waals surface area contributed by atoms with Crippen LogP contribution in [0.5, 0.6) is 0 Å². The quantitative estimate of drug-likeness (QED) is 0.426. The van der Waals surface area contributed by atoms with Gasteiger partial charge in [-0.15, -0.1) is 0 Å². The van der Waals surface area contributed by atoms with Crippen LogP contribution in [-0.4, -0.2) is 39.4 Å². The van der Waals surface area contributed by atoms with Crippen molar-refractivity contribution in [2.45, 2.75) is 25.4 Å². The summed E-state index contributed by atoms with van der Waals surface area (Å²) in [6.45, 7) is 3.02. The van der Waals surface area contributed by atoms with E-state index in [1.54, 1.807) is 6.07 Å². The maximum absolute atomic E-state index is 13.9. The fourth-order valence-corrected chi connectivity index (χ4v) is 4.87. The second-order valence-corrected chi connectivity index (χ2v) is 8.38. The average molecular weight is 434 g/mol. The molecule has 29 heavy (non-hydrogen) atoms. The first-order valence-corrected chi connectivity index (χ1v) is 10.5. The molecule has 3 N–H and O–H groups in total. The second-order valence-electron chi connectivity index (χ2n) is 7.59. The number of halogens is 3. The molecule has 0 amide bonds. The van der Waals surface area contributed by atoms with Gasteiger partial charge in [0.2, 0.25) is 5.82 Å². The third-order valence-electron chi connectivity index (χ3n) is 5.88. The molecule has 5 heterocycles. The van der Waals surface area contributed by atoms with Crippen molar-refractivity contribution in [2.75, 3.05) is 29.9 Å². The van der Waals surface area contributed by atoms with E-state index in [4.69, 9.17) is 28.2 Å². The van der Waals surface area contributed by atoms with Gasteiger partial charge in [-0.2, -0.15) is 5.10 Å². The molecule has 10 heteroatoms. The van der Waals surface area contributed by atoms with Crippen molar-refractivity contribution < 1.29 is 4.39 Å². The first-order valence-electron chi connectivity index (χ1n) is 9.70. The van der Waals surface area contributed by atoms with Gasteiger partial charge in [0.1, 0.15) is 34.5 Å². The van der Waals surface area contributed by atoms with Crippen molar-refractivity contribution in [2.24, 2.45) is 0 Å². The Morgan fingerprint density at radius 1 is 1.21 bits per heavy atom.